The number of halogens is 1. The zero-order valence-electron chi connectivity index (χ0n) is 15.9. The molecule has 0 aliphatic heterocycles. The number of ether oxygens (including phenoxy) is 1. The maximum absolute atomic E-state index is 12.2. The first-order valence-corrected chi connectivity index (χ1v) is 9.24. The van der Waals surface area contributed by atoms with Gasteiger partial charge in [0.1, 0.15) is 6.07 Å². The minimum atomic E-state index is -1.05. The predicted molar refractivity (Wildman–Crippen MR) is 108 cm³/mol. The Morgan fingerprint density at radius 1 is 1.14 bits per heavy atom. The third-order valence-corrected chi connectivity index (χ3v) is 4.23. The van der Waals surface area contributed by atoms with Crippen LogP contribution in [0.5, 0.6) is 0 Å². The molecule has 0 aromatic heterocycles. The van der Waals surface area contributed by atoms with E-state index in [1.807, 2.05) is 6.07 Å². The van der Waals surface area contributed by atoms with E-state index >= 15 is 0 Å². The molecule has 150 valence electrons. The molecule has 0 aliphatic carbocycles. The van der Waals surface area contributed by atoms with Gasteiger partial charge in [-0.1, -0.05) is 29.8 Å². The number of esters is 1. The maximum atomic E-state index is 12.2. The van der Waals surface area contributed by atoms with Crippen LogP contribution in [0, 0.1) is 11.3 Å². The second-order valence-corrected chi connectivity index (χ2v) is 6.78. The number of amides is 2. The highest BCUT2D eigenvalue weighted by Crippen LogP contribution is 2.20. The largest absolute Gasteiger partial charge is 0.452 e. The molecule has 29 heavy (non-hydrogen) atoms. The number of rotatable bonds is 7. The van der Waals surface area contributed by atoms with E-state index in [4.69, 9.17) is 21.6 Å². The lowest BCUT2D eigenvalue weighted by atomic mass is 10.2. The average molecular weight is 414 g/mol. The number of anilines is 1. The molecule has 7 nitrogen and oxygen atoms in total. The van der Waals surface area contributed by atoms with Crippen LogP contribution in [0.2, 0.25) is 5.02 Å². The van der Waals surface area contributed by atoms with E-state index in [1.54, 1.807) is 37.3 Å². The second kappa shape index (κ2) is 10.2. The Bertz CT molecular complexity index is 941. The number of nitrogens with zero attached hydrogens (tertiary/aromatic N) is 1. The minimum Gasteiger partial charge on any atom is -0.452 e. The third-order valence-electron chi connectivity index (χ3n) is 3.92. The number of carbonyl (C=O) groups excluding carboxylic acids is 3. The number of nitriles is 1. The SMILES string of the molecule is CC(CC(=O)OC(C)C(=O)Nc1ccc(C#N)c(Cl)c1)NC(=O)c1ccccc1. The molecule has 2 amide bonds. The van der Waals surface area contributed by atoms with Crippen molar-refractivity contribution in [3.63, 3.8) is 0 Å². The Balaban J connectivity index is 1.83. The number of nitrogens with one attached hydrogen (secondary N) is 2. The van der Waals surface area contributed by atoms with Crippen LogP contribution in [0.1, 0.15) is 36.2 Å². The first kappa shape index (κ1) is 21.9. The first-order valence-electron chi connectivity index (χ1n) is 8.86. The number of carbonyl (C=O) groups is 3. The summed E-state index contributed by atoms with van der Waals surface area (Å²) in [6.07, 6.45) is -1.13. The van der Waals surface area contributed by atoms with Crippen LogP contribution in [0.25, 0.3) is 0 Å². The molecule has 2 N–H and O–H groups in total. The molecule has 0 heterocycles. The third kappa shape index (κ3) is 6.63. The predicted octanol–water partition coefficient (Wildman–Crippen LogP) is 3.29. The van der Waals surface area contributed by atoms with Crippen molar-refractivity contribution in [2.24, 2.45) is 0 Å². The van der Waals surface area contributed by atoms with Crippen LogP contribution in [0.3, 0.4) is 0 Å². The van der Waals surface area contributed by atoms with E-state index in [0.29, 0.717) is 11.3 Å². The highest BCUT2D eigenvalue weighted by Gasteiger charge is 2.20. The molecule has 2 unspecified atom stereocenters. The fourth-order valence-corrected chi connectivity index (χ4v) is 2.65. The summed E-state index contributed by atoms with van der Waals surface area (Å²) in [5.41, 5.74) is 1.16. The van der Waals surface area contributed by atoms with Crippen molar-refractivity contribution >= 4 is 35.1 Å². The van der Waals surface area contributed by atoms with E-state index in [0.717, 1.165) is 0 Å². The van der Waals surface area contributed by atoms with Gasteiger partial charge in [-0.25, -0.2) is 0 Å². The Kier molecular flexibility index (Phi) is 7.75. The molecule has 0 aliphatic rings. The highest BCUT2D eigenvalue weighted by atomic mass is 35.5. The molecule has 0 bridgehead atoms. The van der Waals surface area contributed by atoms with E-state index in [-0.39, 0.29) is 22.9 Å². The van der Waals surface area contributed by atoms with Crippen LogP contribution in [0.15, 0.2) is 48.5 Å². The quantitative estimate of drug-likeness (QED) is 0.677. The van der Waals surface area contributed by atoms with E-state index < -0.39 is 24.0 Å². The minimum absolute atomic E-state index is 0.0844. The van der Waals surface area contributed by atoms with Gasteiger partial charge >= 0.3 is 5.97 Å². The molecule has 2 aromatic rings. The molecule has 0 saturated heterocycles. The number of benzene rings is 2. The van der Waals surface area contributed by atoms with Crippen LogP contribution in [-0.4, -0.2) is 29.9 Å². The van der Waals surface area contributed by atoms with Gasteiger partial charge in [0.25, 0.3) is 11.8 Å². The number of hydrogen-bond donors (Lipinski definition) is 2. The molecule has 0 saturated carbocycles. The van der Waals surface area contributed by atoms with Crippen molar-refractivity contribution in [2.75, 3.05) is 5.32 Å². The first-order chi connectivity index (χ1) is 13.8. The summed E-state index contributed by atoms with van der Waals surface area (Å²) in [5, 5.41) is 14.3. The normalized spacial score (nSPS) is 12.2. The maximum Gasteiger partial charge on any atom is 0.308 e. The van der Waals surface area contributed by atoms with Crippen molar-refractivity contribution in [2.45, 2.75) is 32.4 Å². The molecule has 8 heteroatoms. The fourth-order valence-electron chi connectivity index (χ4n) is 2.42. The summed E-state index contributed by atoms with van der Waals surface area (Å²) in [6, 6.07) is 14.5. The van der Waals surface area contributed by atoms with Crippen molar-refractivity contribution in [3.05, 3.63) is 64.7 Å². The van der Waals surface area contributed by atoms with Gasteiger partial charge in [0.2, 0.25) is 0 Å². The molecule has 2 rings (SSSR count). The Hall–Kier alpha value is -3.37. The van der Waals surface area contributed by atoms with Gasteiger partial charge in [-0.3, -0.25) is 14.4 Å². The average Bonchev–Trinajstić information content (AvgIpc) is 2.68. The van der Waals surface area contributed by atoms with Crippen molar-refractivity contribution < 1.29 is 19.1 Å². The molecule has 0 radical (unpaired) electrons. The Morgan fingerprint density at radius 3 is 2.45 bits per heavy atom. The summed E-state index contributed by atoms with van der Waals surface area (Å²) < 4.78 is 5.13. The zero-order chi connectivity index (χ0) is 21.4. The van der Waals surface area contributed by atoms with E-state index in [1.165, 1.54) is 25.1 Å². The standard InChI is InChI=1S/C21H20ClN3O4/c1-13(24-21(28)15-6-4-3-5-7-15)10-19(26)29-14(2)20(27)25-17-9-8-16(12-23)18(22)11-17/h3-9,11,13-14H,10H2,1-2H3,(H,24,28)(H,25,27). The van der Waals surface area contributed by atoms with E-state index in [9.17, 15) is 14.4 Å². The molecule has 2 atom stereocenters. The molecule has 0 fully saturated rings. The van der Waals surface area contributed by atoms with Crippen LogP contribution >= 0.6 is 11.6 Å². The van der Waals surface area contributed by atoms with Crippen LogP contribution in [-0.2, 0) is 14.3 Å². The summed E-state index contributed by atoms with van der Waals surface area (Å²) in [6.45, 7) is 3.11. The highest BCUT2D eigenvalue weighted by molar-refractivity contribution is 6.32. The summed E-state index contributed by atoms with van der Waals surface area (Å²) in [5.74, 6) is -1.46. The molecule has 2 aromatic carbocycles. The zero-order valence-corrected chi connectivity index (χ0v) is 16.7. The lowest BCUT2D eigenvalue weighted by molar-refractivity contribution is -0.153. The molecular weight excluding hydrogens is 394 g/mol. The van der Waals surface area contributed by atoms with Crippen molar-refractivity contribution in [3.8, 4) is 6.07 Å². The van der Waals surface area contributed by atoms with Gasteiger partial charge in [0.15, 0.2) is 6.10 Å². The van der Waals surface area contributed by atoms with Gasteiger partial charge in [-0.05, 0) is 44.2 Å². The van der Waals surface area contributed by atoms with Gasteiger partial charge in [-0.2, -0.15) is 5.26 Å². The van der Waals surface area contributed by atoms with Crippen molar-refractivity contribution in [1.82, 2.24) is 5.32 Å². The van der Waals surface area contributed by atoms with Crippen LogP contribution < -0.4 is 10.6 Å². The molecular formula is C21H20ClN3O4. The van der Waals surface area contributed by atoms with Gasteiger partial charge < -0.3 is 15.4 Å². The lowest BCUT2D eigenvalue weighted by Crippen LogP contribution is -2.36. The van der Waals surface area contributed by atoms with Crippen LogP contribution in [0.4, 0.5) is 5.69 Å². The number of hydrogen-bond acceptors (Lipinski definition) is 5. The summed E-state index contributed by atoms with van der Waals surface area (Å²) >= 11 is 5.93. The fraction of sp³-hybridized carbons (Fsp3) is 0.238. The second-order valence-electron chi connectivity index (χ2n) is 6.37. The molecule has 0 spiro atoms. The van der Waals surface area contributed by atoms with Gasteiger partial charge in [0.05, 0.1) is 17.0 Å². The van der Waals surface area contributed by atoms with Gasteiger partial charge in [0, 0.05) is 17.3 Å². The Morgan fingerprint density at radius 2 is 1.83 bits per heavy atom. The summed E-state index contributed by atoms with van der Waals surface area (Å²) in [7, 11) is 0. The topological polar surface area (TPSA) is 108 Å². The smallest absolute Gasteiger partial charge is 0.308 e. The van der Waals surface area contributed by atoms with Crippen molar-refractivity contribution in [1.29, 1.82) is 5.26 Å². The summed E-state index contributed by atoms with van der Waals surface area (Å²) in [4.78, 5) is 36.3. The monoisotopic (exact) mass is 413 g/mol. The lowest BCUT2D eigenvalue weighted by Gasteiger charge is -2.17. The Labute approximate surface area is 173 Å². The van der Waals surface area contributed by atoms with E-state index in [2.05, 4.69) is 10.6 Å². The van der Waals surface area contributed by atoms with Gasteiger partial charge in [-0.15, -0.1) is 0 Å².